The number of hydrogen-bond acceptors (Lipinski definition) is 8. The number of rotatable bonds is 10. The summed E-state index contributed by atoms with van der Waals surface area (Å²) in [7, 11) is 5.83. The lowest BCUT2D eigenvalue weighted by Gasteiger charge is -2.36. The van der Waals surface area contributed by atoms with Crippen LogP contribution in [0.2, 0.25) is 0 Å². The lowest BCUT2D eigenvalue weighted by molar-refractivity contribution is 0.0101. The normalized spacial score (nSPS) is 21.8. The molecule has 8 nitrogen and oxygen atoms in total. The van der Waals surface area contributed by atoms with Gasteiger partial charge >= 0.3 is 0 Å². The van der Waals surface area contributed by atoms with Gasteiger partial charge in [-0.25, -0.2) is 0 Å². The summed E-state index contributed by atoms with van der Waals surface area (Å²) >= 11 is 0. The molecule has 3 aliphatic rings. The van der Waals surface area contributed by atoms with Crippen LogP contribution in [0.4, 0.5) is 5.69 Å². The average Bonchev–Trinajstić information content (AvgIpc) is 3.32. The molecule has 2 unspecified atom stereocenters. The second kappa shape index (κ2) is 12.2. The Balaban J connectivity index is 1.14. The fourth-order valence-electron chi connectivity index (χ4n) is 5.43. The van der Waals surface area contributed by atoms with Crippen LogP contribution in [0.5, 0.6) is 11.5 Å². The van der Waals surface area contributed by atoms with Crippen molar-refractivity contribution in [1.82, 2.24) is 14.7 Å². The van der Waals surface area contributed by atoms with Crippen molar-refractivity contribution < 1.29 is 14.3 Å². The first-order valence-corrected chi connectivity index (χ1v) is 13.6. The third kappa shape index (κ3) is 6.31. The molecular formula is C30H41N5O3. The molecule has 0 saturated carbocycles. The highest BCUT2D eigenvalue weighted by Crippen LogP contribution is 2.40. The Labute approximate surface area is 226 Å². The number of nitrogens with one attached hydrogen (secondary N) is 1. The van der Waals surface area contributed by atoms with Crippen molar-refractivity contribution in [2.75, 3.05) is 85.5 Å². The number of anilines is 1. The van der Waals surface area contributed by atoms with Crippen molar-refractivity contribution in [3.8, 4) is 11.5 Å². The molecule has 0 radical (unpaired) electrons. The maximum Gasteiger partial charge on any atom is 0.151 e. The highest BCUT2D eigenvalue weighted by Gasteiger charge is 2.41. The Morgan fingerprint density at radius 3 is 2.63 bits per heavy atom. The van der Waals surface area contributed by atoms with Gasteiger partial charge in [-0.1, -0.05) is 47.1 Å². The molecule has 2 aromatic rings. The summed E-state index contributed by atoms with van der Waals surface area (Å²) in [5, 5.41) is 8.00. The number of likely N-dealkylation sites (N-methyl/N-ethyl adjacent to an activating group) is 1. The molecule has 0 aromatic heterocycles. The number of nitrogens with zero attached hydrogens (tertiary/aromatic N) is 4. The number of fused-ring (bicyclic) bond motifs is 3. The molecule has 0 amide bonds. The maximum absolute atomic E-state index is 6.23. The molecular weight excluding hydrogens is 478 g/mol. The van der Waals surface area contributed by atoms with Gasteiger partial charge in [0.05, 0.1) is 18.7 Å². The van der Waals surface area contributed by atoms with E-state index in [2.05, 4.69) is 82.6 Å². The van der Waals surface area contributed by atoms with Crippen LogP contribution >= 0.6 is 0 Å². The molecule has 3 heterocycles. The summed E-state index contributed by atoms with van der Waals surface area (Å²) in [5.74, 6) is 1.77. The monoisotopic (exact) mass is 519 g/mol. The van der Waals surface area contributed by atoms with Gasteiger partial charge in [0.2, 0.25) is 0 Å². The molecule has 8 heteroatoms. The van der Waals surface area contributed by atoms with Crippen molar-refractivity contribution in [2.45, 2.75) is 13.0 Å². The number of ether oxygens (including phenoxy) is 2. The number of methoxy groups -OCH3 is 1. The minimum atomic E-state index is 0.00769. The van der Waals surface area contributed by atoms with Crippen LogP contribution in [0.3, 0.4) is 0 Å². The van der Waals surface area contributed by atoms with Gasteiger partial charge in [-0.15, -0.1) is 0 Å². The summed E-state index contributed by atoms with van der Waals surface area (Å²) in [5.41, 5.74) is 5.56. The first kappa shape index (κ1) is 26.5. The molecule has 0 aliphatic carbocycles. The van der Waals surface area contributed by atoms with Gasteiger partial charge < -0.3 is 24.5 Å². The van der Waals surface area contributed by atoms with E-state index >= 15 is 0 Å². The second-order valence-corrected chi connectivity index (χ2v) is 10.8. The molecule has 1 N–H and O–H groups in total. The van der Waals surface area contributed by atoms with Gasteiger partial charge in [-0.2, -0.15) is 0 Å². The summed E-state index contributed by atoms with van der Waals surface area (Å²) in [6, 6.07) is 14.6. The number of hydrogen-bond donors (Lipinski definition) is 1. The molecule has 1 fully saturated rings. The maximum atomic E-state index is 6.23. The molecule has 38 heavy (non-hydrogen) atoms. The predicted octanol–water partition coefficient (Wildman–Crippen LogP) is 3.50. The Bertz CT molecular complexity index is 1140. The lowest BCUT2D eigenvalue weighted by atomic mass is 9.89. The minimum Gasteiger partial charge on any atom is -0.495 e. The van der Waals surface area contributed by atoms with Crippen LogP contribution in [-0.2, 0) is 4.84 Å². The minimum absolute atomic E-state index is 0.00769. The van der Waals surface area contributed by atoms with Crippen molar-refractivity contribution in [3.05, 3.63) is 59.2 Å². The highest BCUT2D eigenvalue weighted by atomic mass is 16.6. The smallest absolute Gasteiger partial charge is 0.151 e. The molecule has 0 bridgehead atoms. The lowest BCUT2D eigenvalue weighted by Crippen LogP contribution is -2.50. The van der Waals surface area contributed by atoms with E-state index in [1.54, 1.807) is 7.11 Å². The van der Waals surface area contributed by atoms with Crippen molar-refractivity contribution in [2.24, 2.45) is 11.1 Å². The quantitative estimate of drug-likeness (QED) is 0.516. The van der Waals surface area contributed by atoms with Gasteiger partial charge in [0.1, 0.15) is 23.8 Å². The fourth-order valence-corrected chi connectivity index (χ4v) is 5.43. The first-order chi connectivity index (χ1) is 18.5. The topological polar surface area (TPSA) is 61.8 Å². The van der Waals surface area contributed by atoms with Crippen molar-refractivity contribution in [3.63, 3.8) is 0 Å². The Morgan fingerprint density at radius 1 is 1.13 bits per heavy atom. The summed E-state index contributed by atoms with van der Waals surface area (Å²) in [6.45, 7) is 10.6. The van der Waals surface area contributed by atoms with E-state index in [1.165, 1.54) is 11.1 Å². The van der Waals surface area contributed by atoms with Gasteiger partial charge in [0.15, 0.2) is 6.10 Å². The Morgan fingerprint density at radius 2 is 1.89 bits per heavy atom. The van der Waals surface area contributed by atoms with Crippen LogP contribution in [0.25, 0.3) is 6.08 Å². The van der Waals surface area contributed by atoms with Gasteiger partial charge in [0, 0.05) is 64.0 Å². The average molecular weight is 520 g/mol. The van der Waals surface area contributed by atoms with Crippen LogP contribution < -0.4 is 14.8 Å². The Kier molecular flexibility index (Phi) is 8.51. The molecule has 2 aromatic carbocycles. The van der Waals surface area contributed by atoms with Crippen LogP contribution in [-0.4, -0.2) is 107 Å². The van der Waals surface area contributed by atoms with Crippen LogP contribution in [0.1, 0.15) is 18.1 Å². The Hall–Kier alpha value is -3.07. The second-order valence-electron chi connectivity index (χ2n) is 10.8. The highest BCUT2D eigenvalue weighted by molar-refractivity contribution is 6.07. The third-order valence-corrected chi connectivity index (χ3v) is 7.55. The van der Waals surface area contributed by atoms with Crippen LogP contribution in [0, 0.1) is 5.92 Å². The largest absolute Gasteiger partial charge is 0.495 e. The fraction of sp³-hybridized carbons (Fsp3) is 0.500. The molecule has 5 rings (SSSR count). The molecule has 204 valence electrons. The van der Waals surface area contributed by atoms with Crippen molar-refractivity contribution >= 4 is 17.5 Å². The zero-order valence-electron chi connectivity index (χ0n) is 23.2. The first-order valence-electron chi connectivity index (χ1n) is 13.6. The predicted molar refractivity (Wildman–Crippen MR) is 153 cm³/mol. The molecule has 3 aliphatic heterocycles. The molecule has 1 saturated heterocycles. The zero-order chi connectivity index (χ0) is 26.5. The van der Waals surface area contributed by atoms with Gasteiger partial charge in [-0.3, -0.25) is 9.80 Å². The number of oxime groups is 1. The van der Waals surface area contributed by atoms with E-state index in [-0.39, 0.29) is 12.0 Å². The SMILES string of the molecule is COc1cc2c(cc1NCCN(C)C)OCC1C2=NOC1CN1CCN(C/C(C)=C/c2ccccc2)CC1. The van der Waals surface area contributed by atoms with Gasteiger partial charge in [-0.05, 0) is 32.6 Å². The third-order valence-electron chi connectivity index (χ3n) is 7.55. The van der Waals surface area contributed by atoms with Gasteiger partial charge in [0.25, 0.3) is 0 Å². The van der Waals surface area contributed by atoms with E-state index < -0.39 is 0 Å². The van der Waals surface area contributed by atoms with E-state index in [0.29, 0.717) is 6.61 Å². The summed E-state index contributed by atoms with van der Waals surface area (Å²) < 4.78 is 11.9. The zero-order valence-corrected chi connectivity index (χ0v) is 23.2. The van der Waals surface area contributed by atoms with E-state index in [1.807, 2.05) is 12.1 Å². The summed E-state index contributed by atoms with van der Waals surface area (Å²) in [6.07, 6.45) is 2.30. The van der Waals surface area contributed by atoms with E-state index in [4.69, 9.17) is 14.3 Å². The molecule has 2 atom stereocenters. The number of piperazine rings is 1. The number of benzene rings is 2. The van der Waals surface area contributed by atoms with E-state index in [9.17, 15) is 0 Å². The molecule has 0 spiro atoms. The van der Waals surface area contributed by atoms with E-state index in [0.717, 1.165) is 80.8 Å². The standard InChI is InChI=1S/C30H41N5O3/c1-22(16-23-8-6-5-7-9-23)19-34-12-14-35(15-13-34)20-29-25-21-37-27-18-26(31-10-11-33(2)3)28(36-4)17-24(27)30(25)32-38-29/h5-9,16-18,25,29,31H,10-15,19-21H2,1-4H3/b22-16+. The van der Waals surface area contributed by atoms with Crippen LogP contribution in [0.15, 0.2) is 53.2 Å². The van der Waals surface area contributed by atoms with Crippen molar-refractivity contribution in [1.29, 1.82) is 0 Å². The summed E-state index contributed by atoms with van der Waals surface area (Å²) in [4.78, 5) is 13.2.